The minimum atomic E-state index is 1.25. The lowest BCUT2D eigenvalue weighted by molar-refractivity contribution is 1.33. The van der Waals surface area contributed by atoms with Crippen molar-refractivity contribution >= 4 is 11.3 Å². The highest BCUT2D eigenvalue weighted by Crippen LogP contribution is 2.25. The van der Waals surface area contributed by atoms with Gasteiger partial charge in [-0.2, -0.15) is 0 Å². The Kier molecular flexibility index (Phi) is 1.92. The average molecular weight is 175 g/mol. The van der Waals surface area contributed by atoms with E-state index in [-0.39, 0.29) is 0 Å². The SMILES string of the molecule is Cc1csc(-c2ccncc2)c1. The first-order valence-corrected chi connectivity index (χ1v) is 4.70. The van der Waals surface area contributed by atoms with E-state index in [2.05, 4.69) is 23.4 Å². The maximum Gasteiger partial charge on any atom is 0.0346 e. The van der Waals surface area contributed by atoms with Crippen molar-refractivity contribution in [3.63, 3.8) is 0 Å². The monoisotopic (exact) mass is 175 g/mol. The molecule has 2 rings (SSSR count). The van der Waals surface area contributed by atoms with Crippen molar-refractivity contribution in [3.05, 3.63) is 41.5 Å². The molecule has 0 aromatic carbocycles. The molecular weight excluding hydrogens is 166 g/mol. The fraction of sp³-hybridized carbons (Fsp3) is 0.100. The average Bonchev–Trinajstić information content (AvgIpc) is 2.54. The molecule has 2 heterocycles. The number of aryl methyl sites for hydroxylation is 1. The Labute approximate surface area is 75.7 Å². The van der Waals surface area contributed by atoms with Gasteiger partial charge in [0.2, 0.25) is 0 Å². The molecule has 0 atom stereocenters. The summed E-state index contributed by atoms with van der Waals surface area (Å²) in [4.78, 5) is 5.30. The third-order valence-corrected chi connectivity index (χ3v) is 2.79. The molecule has 0 unspecified atom stereocenters. The second-order valence-electron chi connectivity index (χ2n) is 2.72. The minimum absolute atomic E-state index is 1.25. The topological polar surface area (TPSA) is 12.9 Å². The van der Waals surface area contributed by atoms with Gasteiger partial charge in [-0.1, -0.05) is 0 Å². The molecule has 0 aliphatic carbocycles. The van der Waals surface area contributed by atoms with Gasteiger partial charge in [0.15, 0.2) is 0 Å². The Balaban J connectivity index is 2.45. The van der Waals surface area contributed by atoms with E-state index in [4.69, 9.17) is 0 Å². The number of nitrogens with zero attached hydrogens (tertiary/aromatic N) is 1. The quantitative estimate of drug-likeness (QED) is 0.649. The van der Waals surface area contributed by atoms with E-state index in [1.165, 1.54) is 16.0 Å². The summed E-state index contributed by atoms with van der Waals surface area (Å²) in [7, 11) is 0. The summed E-state index contributed by atoms with van der Waals surface area (Å²) < 4.78 is 0. The number of hydrogen-bond acceptors (Lipinski definition) is 2. The standard InChI is InChI=1S/C10H9NS/c1-8-6-10(12-7-8)9-2-4-11-5-3-9/h2-7H,1H3. The van der Waals surface area contributed by atoms with Crippen molar-refractivity contribution in [2.24, 2.45) is 0 Å². The zero-order valence-electron chi connectivity index (χ0n) is 6.82. The molecule has 0 radical (unpaired) electrons. The molecule has 0 spiro atoms. The lowest BCUT2D eigenvalue weighted by atomic mass is 10.2. The Hall–Kier alpha value is -1.15. The van der Waals surface area contributed by atoms with Crippen LogP contribution < -0.4 is 0 Å². The lowest BCUT2D eigenvalue weighted by Gasteiger charge is -1.93. The van der Waals surface area contributed by atoms with Gasteiger partial charge in [-0.3, -0.25) is 4.98 Å². The summed E-state index contributed by atoms with van der Waals surface area (Å²) in [5.41, 5.74) is 2.58. The summed E-state index contributed by atoms with van der Waals surface area (Å²) in [6.45, 7) is 2.11. The Bertz CT molecular complexity index is 364. The summed E-state index contributed by atoms with van der Waals surface area (Å²) in [5.74, 6) is 0. The number of hydrogen-bond donors (Lipinski definition) is 0. The lowest BCUT2D eigenvalue weighted by Crippen LogP contribution is -1.72. The third kappa shape index (κ3) is 1.38. The number of pyridine rings is 1. The van der Waals surface area contributed by atoms with Crippen molar-refractivity contribution in [1.29, 1.82) is 0 Å². The van der Waals surface area contributed by atoms with Crippen LogP contribution >= 0.6 is 11.3 Å². The first-order valence-electron chi connectivity index (χ1n) is 3.82. The van der Waals surface area contributed by atoms with Gasteiger partial charge < -0.3 is 0 Å². The smallest absolute Gasteiger partial charge is 0.0346 e. The zero-order chi connectivity index (χ0) is 8.39. The van der Waals surface area contributed by atoms with Crippen LogP contribution in [0, 0.1) is 6.92 Å². The third-order valence-electron chi connectivity index (χ3n) is 1.70. The Morgan fingerprint density at radius 1 is 1.25 bits per heavy atom. The van der Waals surface area contributed by atoms with Gasteiger partial charge in [0, 0.05) is 17.3 Å². The molecule has 0 saturated heterocycles. The second kappa shape index (κ2) is 3.07. The molecule has 12 heavy (non-hydrogen) atoms. The highest BCUT2D eigenvalue weighted by Gasteiger charge is 1.97. The van der Waals surface area contributed by atoms with Crippen LogP contribution in [0.25, 0.3) is 10.4 Å². The van der Waals surface area contributed by atoms with Crippen molar-refractivity contribution in [3.8, 4) is 10.4 Å². The maximum absolute atomic E-state index is 3.98. The van der Waals surface area contributed by atoms with Crippen LogP contribution in [0.15, 0.2) is 36.0 Å². The summed E-state index contributed by atoms with van der Waals surface area (Å²) >= 11 is 1.77. The van der Waals surface area contributed by atoms with E-state index in [0.717, 1.165) is 0 Å². The normalized spacial score (nSPS) is 10.1. The predicted molar refractivity (Wildman–Crippen MR) is 52.3 cm³/mol. The molecule has 0 saturated carbocycles. The van der Waals surface area contributed by atoms with Gasteiger partial charge >= 0.3 is 0 Å². The second-order valence-corrected chi connectivity index (χ2v) is 3.64. The van der Waals surface area contributed by atoms with E-state index in [1.54, 1.807) is 11.3 Å². The van der Waals surface area contributed by atoms with Gasteiger partial charge in [0.1, 0.15) is 0 Å². The molecular formula is C10H9NS. The predicted octanol–water partition coefficient (Wildman–Crippen LogP) is 3.12. The fourth-order valence-electron chi connectivity index (χ4n) is 1.10. The molecule has 2 aromatic heterocycles. The van der Waals surface area contributed by atoms with Crippen molar-refractivity contribution in [2.75, 3.05) is 0 Å². The first kappa shape index (κ1) is 7.50. The highest BCUT2D eigenvalue weighted by molar-refractivity contribution is 7.13. The first-order chi connectivity index (χ1) is 5.86. The molecule has 0 aliphatic rings. The van der Waals surface area contributed by atoms with Gasteiger partial charge in [0.05, 0.1) is 0 Å². The number of rotatable bonds is 1. The molecule has 0 bridgehead atoms. The minimum Gasteiger partial charge on any atom is -0.265 e. The summed E-state index contributed by atoms with van der Waals surface area (Å²) in [6.07, 6.45) is 3.65. The molecule has 0 N–H and O–H groups in total. The molecule has 0 fully saturated rings. The zero-order valence-corrected chi connectivity index (χ0v) is 7.64. The van der Waals surface area contributed by atoms with Crippen LogP contribution in [0.4, 0.5) is 0 Å². The number of aromatic nitrogens is 1. The van der Waals surface area contributed by atoms with E-state index in [0.29, 0.717) is 0 Å². The van der Waals surface area contributed by atoms with E-state index < -0.39 is 0 Å². The highest BCUT2D eigenvalue weighted by atomic mass is 32.1. The van der Waals surface area contributed by atoms with E-state index >= 15 is 0 Å². The van der Waals surface area contributed by atoms with Crippen LogP contribution in [0.5, 0.6) is 0 Å². The molecule has 60 valence electrons. The van der Waals surface area contributed by atoms with Crippen LogP contribution in [-0.4, -0.2) is 4.98 Å². The van der Waals surface area contributed by atoms with Gasteiger partial charge in [0.25, 0.3) is 0 Å². The van der Waals surface area contributed by atoms with Crippen molar-refractivity contribution < 1.29 is 0 Å². The largest absolute Gasteiger partial charge is 0.265 e. The molecule has 1 nitrogen and oxygen atoms in total. The maximum atomic E-state index is 3.98. The summed E-state index contributed by atoms with van der Waals surface area (Å²) in [6, 6.07) is 6.26. The van der Waals surface area contributed by atoms with E-state index in [1.807, 2.05) is 24.5 Å². The Morgan fingerprint density at radius 2 is 2.00 bits per heavy atom. The van der Waals surface area contributed by atoms with Gasteiger partial charge in [-0.05, 0) is 41.6 Å². The molecule has 0 aliphatic heterocycles. The Morgan fingerprint density at radius 3 is 2.58 bits per heavy atom. The van der Waals surface area contributed by atoms with E-state index in [9.17, 15) is 0 Å². The van der Waals surface area contributed by atoms with Gasteiger partial charge in [-0.25, -0.2) is 0 Å². The van der Waals surface area contributed by atoms with Crippen LogP contribution in [-0.2, 0) is 0 Å². The van der Waals surface area contributed by atoms with Crippen molar-refractivity contribution in [2.45, 2.75) is 6.92 Å². The van der Waals surface area contributed by atoms with Crippen LogP contribution in [0.3, 0.4) is 0 Å². The van der Waals surface area contributed by atoms with Crippen LogP contribution in [0.2, 0.25) is 0 Å². The molecule has 2 aromatic rings. The molecule has 0 amide bonds. The van der Waals surface area contributed by atoms with Crippen molar-refractivity contribution in [1.82, 2.24) is 4.98 Å². The van der Waals surface area contributed by atoms with Gasteiger partial charge in [-0.15, -0.1) is 11.3 Å². The summed E-state index contributed by atoms with van der Waals surface area (Å²) in [5, 5.41) is 2.16. The fourth-order valence-corrected chi connectivity index (χ4v) is 2.01. The molecule has 2 heteroatoms. The van der Waals surface area contributed by atoms with Crippen LogP contribution in [0.1, 0.15) is 5.56 Å². The number of thiophene rings is 1.